The highest BCUT2D eigenvalue weighted by molar-refractivity contribution is 6.08. The lowest BCUT2D eigenvalue weighted by molar-refractivity contribution is 0.0959. The van der Waals surface area contributed by atoms with Crippen molar-refractivity contribution < 1.29 is 4.79 Å². The first kappa shape index (κ1) is 14.7. The molecular weight excluding hydrogens is 246 g/mol. The Bertz CT molecular complexity index is 583. The molecule has 0 aliphatic heterocycles. The smallest absolute Gasteiger partial charge is 0.163 e. The molecule has 0 radical (unpaired) electrons. The largest absolute Gasteiger partial charge is 0.330 e. The molecule has 0 spiro atoms. The van der Waals surface area contributed by atoms with Crippen LogP contribution in [0.5, 0.6) is 0 Å². The molecular formula is C18H23NO. The fourth-order valence-electron chi connectivity index (χ4n) is 2.77. The van der Waals surface area contributed by atoms with E-state index >= 15 is 0 Å². The first-order valence-electron chi connectivity index (χ1n) is 7.32. The van der Waals surface area contributed by atoms with Gasteiger partial charge in [-0.05, 0) is 35.6 Å². The summed E-state index contributed by atoms with van der Waals surface area (Å²) in [6, 6.07) is 14.0. The van der Waals surface area contributed by atoms with E-state index in [2.05, 4.69) is 13.8 Å². The molecule has 2 nitrogen and oxygen atoms in total. The minimum Gasteiger partial charge on any atom is -0.330 e. The monoisotopic (exact) mass is 269 g/mol. The maximum absolute atomic E-state index is 12.6. The number of carbonyl (C=O) groups excluding carboxylic acids is 1. The molecule has 1 atom stereocenters. The van der Waals surface area contributed by atoms with E-state index in [-0.39, 0.29) is 11.7 Å². The van der Waals surface area contributed by atoms with Gasteiger partial charge in [-0.2, -0.15) is 0 Å². The Labute approximate surface area is 121 Å². The topological polar surface area (TPSA) is 43.1 Å². The van der Waals surface area contributed by atoms with Crippen LogP contribution in [0.25, 0.3) is 10.8 Å². The zero-order chi connectivity index (χ0) is 14.5. The minimum absolute atomic E-state index is 0.206. The van der Waals surface area contributed by atoms with Gasteiger partial charge in [0.2, 0.25) is 0 Å². The van der Waals surface area contributed by atoms with Crippen LogP contribution < -0.4 is 5.73 Å². The third kappa shape index (κ3) is 3.45. The zero-order valence-corrected chi connectivity index (χ0v) is 12.3. The van der Waals surface area contributed by atoms with Gasteiger partial charge in [-0.1, -0.05) is 56.3 Å². The van der Waals surface area contributed by atoms with Crippen molar-refractivity contribution in [2.75, 3.05) is 6.54 Å². The minimum atomic E-state index is 0.206. The van der Waals surface area contributed by atoms with Gasteiger partial charge >= 0.3 is 0 Å². The Morgan fingerprint density at radius 3 is 2.50 bits per heavy atom. The van der Waals surface area contributed by atoms with Gasteiger partial charge in [0, 0.05) is 12.0 Å². The summed E-state index contributed by atoms with van der Waals surface area (Å²) in [5.74, 6) is 1.06. The summed E-state index contributed by atoms with van der Waals surface area (Å²) >= 11 is 0. The molecule has 0 saturated carbocycles. The molecule has 0 aliphatic carbocycles. The Balaban J connectivity index is 2.23. The van der Waals surface area contributed by atoms with Gasteiger partial charge in [0.05, 0.1) is 0 Å². The van der Waals surface area contributed by atoms with E-state index in [4.69, 9.17) is 5.73 Å². The Kier molecular flexibility index (Phi) is 4.91. The highest BCUT2D eigenvalue weighted by Crippen LogP contribution is 2.23. The molecule has 0 amide bonds. The SMILES string of the molecule is CC(C)CC(CN)CC(=O)c1cccc2ccccc12. The van der Waals surface area contributed by atoms with Gasteiger partial charge in [0.1, 0.15) is 0 Å². The van der Waals surface area contributed by atoms with Crippen LogP contribution in [0.1, 0.15) is 37.0 Å². The van der Waals surface area contributed by atoms with E-state index in [9.17, 15) is 4.79 Å². The average Bonchev–Trinajstić information content (AvgIpc) is 2.45. The lowest BCUT2D eigenvalue weighted by Crippen LogP contribution is -2.20. The maximum atomic E-state index is 12.6. The van der Waals surface area contributed by atoms with E-state index < -0.39 is 0 Å². The first-order valence-corrected chi connectivity index (χ1v) is 7.32. The highest BCUT2D eigenvalue weighted by Gasteiger charge is 2.16. The summed E-state index contributed by atoms with van der Waals surface area (Å²) in [5, 5.41) is 2.16. The summed E-state index contributed by atoms with van der Waals surface area (Å²) in [7, 11) is 0. The average molecular weight is 269 g/mol. The summed E-state index contributed by atoms with van der Waals surface area (Å²) in [6.45, 7) is 4.92. The van der Waals surface area contributed by atoms with Crippen LogP contribution >= 0.6 is 0 Å². The van der Waals surface area contributed by atoms with Crippen LogP contribution in [0.2, 0.25) is 0 Å². The van der Waals surface area contributed by atoms with Gasteiger partial charge in [-0.3, -0.25) is 4.79 Å². The number of carbonyl (C=O) groups is 1. The summed E-state index contributed by atoms with van der Waals surface area (Å²) < 4.78 is 0. The van der Waals surface area contributed by atoms with Crippen molar-refractivity contribution in [3.05, 3.63) is 48.0 Å². The summed E-state index contributed by atoms with van der Waals surface area (Å²) in [6.07, 6.45) is 1.55. The molecule has 106 valence electrons. The quantitative estimate of drug-likeness (QED) is 0.804. The van der Waals surface area contributed by atoms with Crippen LogP contribution in [0, 0.1) is 11.8 Å². The van der Waals surface area contributed by atoms with Crippen molar-refractivity contribution in [3.8, 4) is 0 Å². The molecule has 2 aromatic carbocycles. The zero-order valence-electron chi connectivity index (χ0n) is 12.3. The molecule has 2 heteroatoms. The lowest BCUT2D eigenvalue weighted by Gasteiger charge is -2.16. The fraction of sp³-hybridized carbons (Fsp3) is 0.389. The van der Waals surface area contributed by atoms with Gasteiger partial charge in [-0.25, -0.2) is 0 Å². The van der Waals surface area contributed by atoms with Crippen LogP contribution in [-0.4, -0.2) is 12.3 Å². The van der Waals surface area contributed by atoms with Gasteiger partial charge < -0.3 is 5.73 Å². The summed E-state index contributed by atoms with van der Waals surface area (Å²) in [5.41, 5.74) is 6.63. The van der Waals surface area contributed by atoms with Crippen LogP contribution in [0.3, 0.4) is 0 Å². The lowest BCUT2D eigenvalue weighted by atomic mass is 9.89. The second-order valence-electron chi connectivity index (χ2n) is 5.89. The van der Waals surface area contributed by atoms with E-state index in [1.807, 2.05) is 42.5 Å². The third-order valence-corrected chi connectivity index (χ3v) is 3.70. The number of rotatable bonds is 6. The van der Waals surface area contributed by atoms with Crippen molar-refractivity contribution in [1.29, 1.82) is 0 Å². The van der Waals surface area contributed by atoms with Crippen LogP contribution in [0.4, 0.5) is 0 Å². The van der Waals surface area contributed by atoms with Crippen molar-refractivity contribution in [2.45, 2.75) is 26.7 Å². The van der Waals surface area contributed by atoms with E-state index in [0.29, 0.717) is 18.9 Å². The number of Topliss-reactive ketones (excluding diaryl/α,β-unsaturated/α-hetero) is 1. The number of fused-ring (bicyclic) bond motifs is 1. The number of ketones is 1. The molecule has 0 bridgehead atoms. The molecule has 0 heterocycles. The molecule has 2 N–H and O–H groups in total. The number of benzene rings is 2. The van der Waals surface area contributed by atoms with Gasteiger partial charge in [0.25, 0.3) is 0 Å². The fourth-order valence-corrected chi connectivity index (χ4v) is 2.77. The molecule has 0 fully saturated rings. The van der Waals surface area contributed by atoms with E-state index in [1.165, 1.54) is 0 Å². The Hall–Kier alpha value is -1.67. The van der Waals surface area contributed by atoms with Crippen molar-refractivity contribution in [3.63, 3.8) is 0 Å². The van der Waals surface area contributed by atoms with Gasteiger partial charge in [0.15, 0.2) is 5.78 Å². The molecule has 20 heavy (non-hydrogen) atoms. The molecule has 2 aromatic rings. The molecule has 0 aliphatic rings. The second kappa shape index (κ2) is 6.67. The number of hydrogen-bond acceptors (Lipinski definition) is 2. The van der Waals surface area contributed by atoms with Gasteiger partial charge in [-0.15, -0.1) is 0 Å². The Morgan fingerprint density at radius 1 is 1.10 bits per heavy atom. The normalized spacial score (nSPS) is 12.8. The van der Waals surface area contributed by atoms with Crippen LogP contribution in [0.15, 0.2) is 42.5 Å². The van der Waals surface area contributed by atoms with Crippen LogP contribution in [-0.2, 0) is 0 Å². The third-order valence-electron chi connectivity index (χ3n) is 3.70. The molecule has 1 unspecified atom stereocenters. The van der Waals surface area contributed by atoms with Crippen molar-refractivity contribution >= 4 is 16.6 Å². The predicted molar refractivity (Wildman–Crippen MR) is 84.9 cm³/mol. The number of nitrogens with two attached hydrogens (primary N) is 1. The highest BCUT2D eigenvalue weighted by atomic mass is 16.1. The second-order valence-corrected chi connectivity index (χ2v) is 5.89. The molecule has 0 aromatic heterocycles. The maximum Gasteiger partial charge on any atom is 0.163 e. The molecule has 0 saturated heterocycles. The van der Waals surface area contributed by atoms with E-state index in [0.717, 1.165) is 22.8 Å². The summed E-state index contributed by atoms with van der Waals surface area (Å²) in [4.78, 5) is 12.6. The standard InChI is InChI=1S/C18H23NO/c1-13(2)10-14(12-19)11-18(20)17-9-5-7-15-6-3-4-8-16(15)17/h3-9,13-14H,10-12,19H2,1-2H3. The first-order chi connectivity index (χ1) is 9.61. The van der Waals surface area contributed by atoms with E-state index in [1.54, 1.807) is 0 Å². The van der Waals surface area contributed by atoms with Crippen molar-refractivity contribution in [1.82, 2.24) is 0 Å². The molecule has 2 rings (SSSR count). The Morgan fingerprint density at radius 2 is 1.80 bits per heavy atom. The predicted octanol–water partition coefficient (Wildman–Crippen LogP) is 4.03. The number of hydrogen-bond donors (Lipinski definition) is 1. The van der Waals surface area contributed by atoms with Crippen molar-refractivity contribution in [2.24, 2.45) is 17.6 Å².